The van der Waals surface area contributed by atoms with E-state index in [4.69, 9.17) is 5.10 Å². The molecule has 30 heavy (non-hydrogen) atoms. The van der Waals surface area contributed by atoms with E-state index in [9.17, 15) is 0 Å². The van der Waals surface area contributed by atoms with Crippen molar-refractivity contribution in [1.82, 2.24) is 30.0 Å². The lowest BCUT2D eigenvalue weighted by Gasteiger charge is -2.19. The molecule has 1 aromatic carbocycles. The van der Waals surface area contributed by atoms with Gasteiger partial charge < -0.3 is 15.5 Å². The minimum Gasteiger partial charge on any atom is -0.356 e. The van der Waals surface area contributed by atoms with E-state index in [-0.39, 0.29) is 0 Å². The molecule has 0 amide bonds. The van der Waals surface area contributed by atoms with Gasteiger partial charge in [-0.05, 0) is 30.0 Å². The Morgan fingerprint density at radius 2 is 1.83 bits per heavy atom. The van der Waals surface area contributed by atoms with Crippen molar-refractivity contribution in [2.75, 3.05) is 36.4 Å². The van der Waals surface area contributed by atoms with Crippen molar-refractivity contribution in [3.05, 3.63) is 61.2 Å². The van der Waals surface area contributed by atoms with Gasteiger partial charge in [-0.25, -0.2) is 14.6 Å². The number of rotatable bonds is 4. The summed E-state index contributed by atoms with van der Waals surface area (Å²) < 4.78 is 1.97. The largest absolute Gasteiger partial charge is 0.356 e. The number of nitrogens with one attached hydrogen (secondary N) is 2. The molecule has 8 heteroatoms. The summed E-state index contributed by atoms with van der Waals surface area (Å²) in [6.07, 6.45) is 6.89. The molecule has 150 valence electrons. The Morgan fingerprint density at radius 1 is 0.967 bits per heavy atom. The van der Waals surface area contributed by atoms with Gasteiger partial charge in [0.05, 0.1) is 17.4 Å². The molecular formula is C22H22N8. The summed E-state index contributed by atoms with van der Waals surface area (Å²) in [5, 5.41) is 12.7. The minimum absolute atomic E-state index is 0.667. The standard InChI is InChI=1S/C22H22N8/c1-2-4-19-18(3-1)22(27-20-12-23-7-8-25-20)28-30(19)17-5-6-26-21(9-17)29-13-15-10-24-11-16(15)14-29/h1-9,12,15-16,24H,10-11,13-14H2,(H,25,27,28)/t15-,16+. The molecule has 0 unspecified atom stereocenters. The molecule has 0 bridgehead atoms. The van der Waals surface area contributed by atoms with E-state index in [1.165, 1.54) is 0 Å². The normalized spacial score (nSPS) is 20.6. The lowest BCUT2D eigenvalue weighted by Crippen LogP contribution is -2.26. The van der Waals surface area contributed by atoms with Gasteiger partial charge in [0.1, 0.15) is 11.6 Å². The Morgan fingerprint density at radius 3 is 2.67 bits per heavy atom. The van der Waals surface area contributed by atoms with Crippen molar-refractivity contribution in [2.45, 2.75) is 0 Å². The third kappa shape index (κ3) is 2.96. The first-order valence-electron chi connectivity index (χ1n) is 10.3. The van der Waals surface area contributed by atoms with Crippen molar-refractivity contribution < 1.29 is 0 Å². The zero-order valence-corrected chi connectivity index (χ0v) is 16.4. The van der Waals surface area contributed by atoms with Crippen LogP contribution >= 0.6 is 0 Å². The van der Waals surface area contributed by atoms with Crippen LogP contribution in [0.1, 0.15) is 0 Å². The molecular weight excluding hydrogens is 376 g/mol. The minimum atomic E-state index is 0.667. The molecule has 2 aliphatic heterocycles. The number of hydrogen-bond donors (Lipinski definition) is 2. The van der Waals surface area contributed by atoms with Gasteiger partial charge in [-0.3, -0.25) is 4.98 Å². The first-order valence-corrected chi connectivity index (χ1v) is 10.3. The first-order chi connectivity index (χ1) is 14.8. The number of fused-ring (bicyclic) bond motifs is 2. The zero-order valence-electron chi connectivity index (χ0n) is 16.4. The molecule has 6 rings (SSSR count). The van der Waals surface area contributed by atoms with Crippen molar-refractivity contribution in [1.29, 1.82) is 0 Å². The van der Waals surface area contributed by atoms with Gasteiger partial charge in [-0.2, -0.15) is 0 Å². The smallest absolute Gasteiger partial charge is 0.162 e. The van der Waals surface area contributed by atoms with E-state index in [0.29, 0.717) is 5.82 Å². The average molecular weight is 398 g/mol. The molecule has 4 aromatic rings. The summed E-state index contributed by atoms with van der Waals surface area (Å²) in [5.74, 6) is 3.89. The summed E-state index contributed by atoms with van der Waals surface area (Å²) in [7, 11) is 0. The predicted molar refractivity (Wildman–Crippen MR) is 116 cm³/mol. The van der Waals surface area contributed by atoms with Crippen LogP contribution in [0.15, 0.2) is 61.2 Å². The highest BCUT2D eigenvalue weighted by atomic mass is 15.3. The molecule has 2 saturated heterocycles. The van der Waals surface area contributed by atoms with Crippen LogP contribution in [-0.4, -0.2) is 50.9 Å². The van der Waals surface area contributed by atoms with E-state index in [2.05, 4.69) is 48.7 Å². The molecule has 2 fully saturated rings. The molecule has 3 aromatic heterocycles. The quantitative estimate of drug-likeness (QED) is 0.547. The van der Waals surface area contributed by atoms with Crippen molar-refractivity contribution in [3.63, 3.8) is 0 Å². The fraction of sp³-hybridized carbons (Fsp3) is 0.273. The fourth-order valence-corrected chi connectivity index (χ4v) is 4.60. The van der Waals surface area contributed by atoms with Crippen LogP contribution in [0.25, 0.3) is 16.6 Å². The van der Waals surface area contributed by atoms with Crippen LogP contribution in [0.3, 0.4) is 0 Å². The van der Waals surface area contributed by atoms with Gasteiger partial charge in [0.2, 0.25) is 0 Å². The van der Waals surface area contributed by atoms with E-state index in [1.807, 2.05) is 29.1 Å². The van der Waals surface area contributed by atoms with Crippen LogP contribution in [0.2, 0.25) is 0 Å². The van der Waals surface area contributed by atoms with Crippen molar-refractivity contribution in [2.24, 2.45) is 11.8 Å². The van der Waals surface area contributed by atoms with Gasteiger partial charge >= 0.3 is 0 Å². The van der Waals surface area contributed by atoms with Crippen LogP contribution in [0.5, 0.6) is 0 Å². The number of para-hydroxylation sites is 1. The molecule has 5 heterocycles. The highest BCUT2D eigenvalue weighted by molar-refractivity contribution is 5.92. The second kappa shape index (κ2) is 7.07. The first kappa shape index (κ1) is 17.3. The number of benzene rings is 1. The molecule has 0 spiro atoms. The van der Waals surface area contributed by atoms with Gasteiger partial charge in [-0.1, -0.05) is 12.1 Å². The van der Waals surface area contributed by atoms with Crippen LogP contribution in [0.4, 0.5) is 17.5 Å². The fourth-order valence-electron chi connectivity index (χ4n) is 4.60. The second-order valence-electron chi connectivity index (χ2n) is 7.95. The molecule has 2 N–H and O–H groups in total. The molecule has 0 aliphatic carbocycles. The third-order valence-electron chi connectivity index (χ3n) is 6.08. The maximum atomic E-state index is 4.86. The zero-order chi connectivity index (χ0) is 19.9. The summed E-state index contributed by atoms with van der Waals surface area (Å²) in [4.78, 5) is 15.5. The maximum Gasteiger partial charge on any atom is 0.162 e. The Kier molecular flexibility index (Phi) is 4.09. The number of anilines is 3. The van der Waals surface area contributed by atoms with Gasteiger partial charge in [0, 0.05) is 56.2 Å². The predicted octanol–water partition coefficient (Wildman–Crippen LogP) is 2.61. The Bertz CT molecular complexity index is 1180. The van der Waals surface area contributed by atoms with Crippen LogP contribution in [-0.2, 0) is 0 Å². The molecule has 2 atom stereocenters. The van der Waals surface area contributed by atoms with Crippen LogP contribution in [0, 0.1) is 11.8 Å². The van der Waals surface area contributed by atoms with Gasteiger partial charge in [0.15, 0.2) is 5.82 Å². The maximum absolute atomic E-state index is 4.86. The summed E-state index contributed by atoms with van der Waals surface area (Å²) in [6.45, 7) is 4.35. The molecule has 2 aliphatic rings. The Balaban J connectivity index is 1.37. The van der Waals surface area contributed by atoms with Crippen molar-refractivity contribution >= 4 is 28.4 Å². The van der Waals surface area contributed by atoms with Gasteiger partial charge in [0.25, 0.3) is 0 Å². The monoisotopic (exact) mass is 398 g/mol. The lowest BCUT2D eigenvalue weighted by molar-refractivity contribution is 0.533. The highest BCUT2D eigenvalue weighted by Gasteiger charge is 2.36. The average Bonchev–Trinajstić information content (AvgIpc) is 3.49. The van der Waals surface area contributed by atoms with Crippen molar-refractivity contribution in [3.8, 4) is 5.69 Å². The molecule has 8 nitrogen and oxygen atoms in total. The van der Waals surface area contributed by atoms with Gasteiger partial charge in [-0.15, -0.1) is 5.10 Å². The van der Waals surface area contributed by atoms with E-state index < -0.39 is 0 Å². The van der Waals surface area contributed by atoms with E-state index in [1.54, 1.807) is 18.6 Å². The second-order valence-corrected chi connectivity index (χ2v) is 7.95. The number of pyridine rings is 1. The summed E-state index contributed by atoms with van der Waals surface area (Å²) in [6, 6.07) is 12.3. The lowest BCUT2D eigenvalue weighted by atomic mass is 10.0. The number of hydrogen-bond acceptors (Lipinski definition) is 7. The number of aromatic nitrogens is 5. The SMILES string of the molecule is c1ccc2c(c1)c(Nc1cnccn1)nn2-c1ccnc(N2C[C@H]3CNC[C@H]3C2)c1. The van der Waals surface area contributed by atoms with E-state index >= 15 is 0 Å². The Labute approximate surface area is 174 Å². The van der Waals surface area contributed by atoms with Crippen LogP contribution < -0.4 is 15.5 Å². The Hall–Kier alpha value is -3.52. The summed E-state index contributed by atoms with van der Waals surface area (Å²) >= 11 is 0. The number of nitrogens with zero attached hydrogens (tertiary/aromatic N) is 6. The third-order valence-corrected chi connectivity index (χ3v) is 6.08. The topological polar surface area (TPSA) is 83.8 Å². The highest BCUT2D eigenvalue weighted by Crippen LogP contribution is 2.32. The molecule has 0 saturated carbocycles. The van der Waals surface area contributed by atoms with E-state index in [0.717, 1.165) is 66.2 Å². The molecule has 0 radical (unpaired) electrons. The summed E-state index contributed by atoms with van der Waals surface area (Å²) in [5.41, 5.74) is 2.03.